The third-order valence-corrected chi connectivity index (χ3v) is 5.31. The van der Waals surface area contributed by atoms with Crippen LogP contribution in [-0.4, -0.2) is 6.98 Å². The van der Waals surface area contributed by atoms with Crippen molar-refractivity contribution in [2.75, 3.05) is 9.62 Å². The molecule has 0 amide bonds. The van der Waals surface area contributed by atoms with Crippen LogP contribution in [0, 0.1) is 0 Å². The van der Waals surface area contributed by atoms with Gasteiger partial charge in [0.15, 0.2) is 5.76 Å². The molecule has 0 saturated carbocycles. The fourth-order valence-corrected chi connectivity index (χ4v) is 4.28. The summed E-state index contributed by atoms with van der Waals surface area (Å²) in [5.41, 5.74) is 7.16. The molecule has 26 heavy (non-hydrogen) atoms. The molecule has 0 aliphatic carbocycles. The monoisotopic (exact) mass is 334 g/mol. The van der Waals surface area contributed by atoms with E-state index in [2.05, 4.69) is 94.6 Å². The number of fused-ring (bicyclic) bond motifs is 8. The molecule has 122 valence electrons. The molecule has 0 saturated heterocycles. The first-order chi connectivity index (χ1) is 12.9. The molecule has 0 N–H and O–H groups in total. The summed E-state index contributed by atoms with van der Waals surface area (Å²) in [6.07, 6.45) is 1.79. The van der Waals surface area contributed by atoms with Gasteiger partial charge in [0, 0.05) is 11.3 Å². The van der Waals surface area contributed by atoms with Gasteiger partial charge in [0.2, 0.25) is 0 Å². The van der Waals surface area contributed by atoms with Crippen LogP contribution in [0.25, 0.3) is 11.3 Å². The van der Waals surface area contributed by atoms with Gasteiger partial charge in [-0.15, -0.1) is 0 Å². The number of nitrogens with zero attached hydrogens (tertiary/aromatic N) is 2. The van der Waals surface area contributed by atoms with Crippen LogP contribution in [0.5, 0.6) is 0 Å². The van der Waals surface area contributed by atoms with Crippen LogP contribution in [0.2, 0.25) is 0 Å². The lowest BCUT2D eigenvalue weighted by molar-refractivity contribution is 0.583. The summed E-state index contributed by atoms with van der Waals surface area (Å²) in [7, 11) is 0. The Bertz CT molecular complexity index is 1120. The molecule has 2 aliphatic heterocycles. The molecule has 3 heterocycles. The number of rotatable bonds is 1. The second kappa shape index (κ2) is 5.05. The largest absolute Gasteiger partial charge is 0.462 e. The van der Waals surface area contributed by atoms with Crippen molar-refractivity contribution in [2.45, 2.75) is 0 Å². The van der Waals surface area contributed by atoms with Gasteiger partial charge in [0.05, 0.1) is 23.3 Å². The Kier molecular flexibility index (Phi) is 2.69. The Morgan fingerprint density at radius 3 is 2.15 bits per heavy atom. The van der Waals surface area contributed by atoms with Gasteiger partial charge in [-0.25, -0.2) is 0 Å². The van der Waals surface area contributed by atoms with Crippen LogP contribution in [0.1, 0.15) is 0 Å². The molecule has 4 aromatic rings. The molecule has 0 spiro atoms. The zero-order chi connectivity index (χ0) is 17.1. The maximum absolute atomic E-state index is 5.89. The van der Waals surface area contributed by atoms with E-state index in [0.717, 1.165) is 11.4 Å². The third kappa shape index (κ3) is 1.68. The first kappa shape index (κ1) is 13.8. The molecular formula is C22H15BN2O. The Morgan fingerprint density at radius 1 is 0.615 bits per heavy atom. The van der Waals surface area contributed by atoms with Gasteiger partial charge >= 0.3 is 6.98 Å². The first-order valence-electron chi connectivity index (χ1n) is 8.83. The summed E-state index contributed by atoms with van der Waals surface area (Å²) in [5, 5.41) is 0. The summed E-state index contributed by atoms with van der Waals surface area (Å²) in [6.45, 7) is 0.0797. The zero-order valence-corrected chi connectivity index (χ0v) is 14.0. The predicted molar refractivity (Wildman–Crippen MR) is 107 cm³/mol. The van der Waals surface area contributed by atoms with Crippen LogP contribution in [0.15, 0.2) is 95.6 Å². The molecule has 0 unspecified atom stereocenters. The molecule has 6 rings (SSSR count). The highest BCUT2D eigenvalue weighted by atomic mass is 16.3. The third-order valence-electron chi connectivity index (χ3n) is 5.31. The maximum atomic E-state index is 5.89. The number of furan rings is 1. The SMILES string of the molecule is c1ccc(N2B3c4ccccc4-c4occc4N3c3ccccc32)cc1. The summed E-state index contributed by atoms with van der Waals surface area (Å²) in [5.74, 6) is 0.946. The minimum Gasteiger partial charge on any atom is -0.462 e. The van der Waals surface area contributed by atoms with E-state index in [1.54, 1.807) is 6.26 Å². The Hall–Kier alpha value is -3.40. The van der Waals surface area contributed by atoms with Gasteiger partial charge in [0.25, 0.3) is 0 Å². The second-order valence-corrected chi connectivity index (χ2v) is 6.66. The number of hydrogen-bond donors (Lipinski definition) is 0. The van der Waals surface area contributed by atoms with E-state index < -0.39 is 0 Å². The highest BCUT2D eigenvalue weighted by Crippen LogP contribution is 2.50. The average Bonchev–Trinajstić information content (AvgIpc) is 3.32. The number of anilines is 4. The van der Waals surface area contributed by atoms with Gasteiger partial charge in [-0.3, -0.25) is 0 Å². The molecule has 3 nitrogen and oxygen atoms in total. The Labute approximate surface area is 152 Å². The van der Waals surface area contributed by atoms with E-state index in [1.807, 2.05) is 0 Å². The maximum Gasteiger partial charge on any atom is 0.421 e. The van der Waals surface area contributed by atoms with Gasteiger partial charge in [0.1, 0.15) is 0 Å². The Morgan fingerprint density at radius 2 is 1.31 bits per heavy atom. The minimum atomic E-state index is 0.0797. The normalized spacial score (nSPS) is 13.9. The Balaban J connectivity index is 1.69. The summed E-state index contributed by atoms with van der Waals surface area (Å²) in [4.78, 5) is 4.81. The summed E-state index contributed by atoms with van der Waals surface area (Å²) >= 11 is 0. The van der Waals surface area contributed by atoms with E-state index in [4.69, 9.17) is 4.42 Å². The van der Waals surface area contributed by atoms with E-state index in [9.17, 15) is 0 Å². The lowest BCUT2D eigenvalue weighted by atomic mass is 9.60. The topological polar surface area (TPSA) is 19.6 Å². The van der Waals surface area contributed by atoms with Gasteiger partial charge in [-0.05, 0) is 35.8 Å². The van der Waals surface area contributed by atoms with Crippen molar-refractivity contribution in [1.82, 2.24) is 0 Å². The standard InChI is InChI=1S/C22H15BN2O/c1-2-8-16(9-3-1)24-19-12-6-7-13-20(19)25-21-14-15-26-22(21)17-10-4-5-11-18(17)23(24)25/h1-15H. The molecule has 2 aliphatic rings. The quantitative estimate of drug-likeness (QED) is 0.460. The van der Waals surface area contributed by atoms with E-state index in [-0.39, 0.29) is 6.98 Å². The zero-order valence-electron chi connectivity index (χ0n) is 14.0. The van der Waals surface area contributed by atoms with E-state index >= 15 is 0 Å². The molecule has 1 aromatic heterocycles. The highest BCUT2D eigenvalue weighted by Gasteiger charge is 2.48. The number of para-hydroxylation sites is 3. The molecule has 0 fully saturated rings. The van der Waals surface area contributed by atoms with E-state index in [0.29, 0.717) is 0 Å². The highest BCUT2D eigenvalue weighted by molar-refractivity contribution is 6.86. The molecule has 0 atom stereocenters. The van der Waals surface area contributed by atoms with Crippen molar-refractivity contribution < 1.29 is 4.42 Å². The van der Waals surface area contributed by atoms with E-state index in [1.165, 1.54) is 28.1 Å². The predicted octanol–water partition coefficient (Wildman–Crippen LogP) is 4.95. The van der Waals surface area contributed by atoms with Crippen LogP contribution in [0.3, 0.4) is 0 Å². The fraction of sp³-hybridized carbons (Fsp3) is 0. The smallest absolute Gasteiger partial charge is 0.421 e. The van der Waals surface area contributed by atoms with Crippen molar-refractivity contribution in [1.29, 1.82) is 0 Å². The van der Waals surface area contributed by atoms with Gasteiger partial charge in [-0.1, -0.05) is 54.6 Å². The number of benzene rings is 3. The van der Waals surface area contributed by atoms with Crippen LogP contribution in [0.4, 0.5) is 22.7 Å². The average molecular weight is 334 g/mol. The van der Waals surface area contributed by atoms with Crippen molar-refractivity contribution in [3.63, 3.8) is 0 Å². The van der Waals surface area contributed by atoms with Crippen LogP contribution >= 0.6 is 0 Å². The van der Waals surface area contributed by atoms with Crippen molar-refractivity contribution in [3.8, 4) is 11.3 Å². The summed E-state index contributed by atoms with van der Waals surface area (Å²) in [6, 6.07) is 29.8. The van der Waals surface area contributed by atoms with Crippen molar-refractivity contribution in [2.24, 2.45) is 0 Å². The van der Waals surface area contributed by atoms with Crippen LogP contribution < -0.4 is 15.1 Å². The fourth-order valence-electron chi connectivity index (χ4n) is 4.28. The van der Waals surface area contributed by atoms with Crippen LogP contribution in [-0.2, 0) is 0 Å². The number of hydrogen-bond acceptors (Lipinski definition) is 3. The van der Waals surface area contributed by atoms with Gasteiger partial charge in [-0.2, -0.15) is 0 Å². The second-order valence-electron chi connectivity index (χ2n) is 6.66. The molecule has 0 radical (unpaired) electrons. The van der Waals surface area contributed by atoms with Crippen molar-refractivity contribution in [3.05, 3.63) is 91.2 Å². The van der Waals surface area contributed by atoms with Gasteiger partial charge < -0.3 is 14.0 Å². The minimum absolute atomic E-state index is 0.0797. The summed E-state index contributed by atoms with van der Waals surface area (Å²) < 4.78 is 5.89. The molecule has 4 heteroatoms. The first-order valence-corrected chi connectivity index (χ1v) is 8.83. The molecular weight excluding hydrogens is 319 g/mol. The molecule has 3 aromatic carbocycles. The van der Waals surface area contributed by atoms with Crippen molar-refractivity contribution >= 4 is 35.2 Å². The molecule has 0 bridgehead atoms. The lowest BCUT2D eigenvalue weighted by Gasteiger charge is -2.34. The lowest BCUT2D eigenvalue weighted by Crippen LogP contribution is -2.55.